The van der Waals surface area contributed by atoms with Gasteiger partial charge in [-0.2, -0.15) is 9.12 Å². The maximum Gasteiger partial charge on any atom is 0.180 e. The topological polar surface area (TPSA) is 0 Å². The number of rotatable bonds is 1. The van der Waals surface area contributed by atoms with E-state index in [-0.39, 0.29) is 5.41 Å². The molecule has 1 rings (SSSR count). The first-order valence-corrected chi connectivity index (χ1v) is 5.15. The normalized spacial score (nSPS) is 11.3. The number of hydrogen-bond acceptors (Lipinski definition) is 0. The fourth-order valence-electron chi connectivity index (χ4n) is 1.14. The first-order valence-electron chi connectivity index (χ1n) is 4.33. The predicted molar refractivity (Wildman–Crippen MR) is 61.6 cm³/mol. The minimum absolute atomic E-state index is 0.277. The summed E-state index contributed by atoms with van der Waals surface area (Å²) >= 11 is 0. The Kier molecular flexibility index (Phi) is 2.96. The Hall–Kier alpha value is -0.285. The second-order valence-corrected chi connectivity index (χ2v) is 4.56. The van der Waals surface area contributed by atoms with E-state index in [0.29, 0.717) is 0 Å². The number of hydrogen-bond donors (Lipinski definition) is 0. The van der Waals surface area contributed by atoms with Crippen molar-refractivity contribution in [1.82, 2.24) is 0 Å². The first kappa shape index (κ1) is 9.80. The Bertz CT molecular complexity index is 246. The highest BCUT2D eigenvalue weighted by atomic mass is 31.0. The van der Waals surface area contributed by atoms with Gasteiger partial charge in [0, 0.05) is 0 Å². The van der Waals surface area contributed by atoms with E-state index >= 15 is 0 Å². The van der Waals surface area contributed by atoms with E-state index in [1.165, 1.54) is 11.0 Å². The standard InChI is InChI=1S/C10H16BP/c1-10(2,3)8-4-6-9(11-12)7-5-8/h4-7,11H,12H2,1-3H3. The Morgan fingerprint density at radius 2 is 1.58 bits per heavy atom. The van der Waals surface area contributed by atoms with Crippen LogP contribution in [0, 0.1) is 0 Å². The van der Waals surface area contributed by atoms with Crippen LogP contribution in [0.25, 0.3) is 0 Å². The molecule has 0 radical (unpaired) electrons. The lowest BCUT2D eigenvalue weighted by atomic mass is 9.84. The van der Waals surface area contributed by atoms with Gasteiger partial charge in [-0.1, -0.05) is 50.5 Å². The van der Waals surface area contributed by atoms with Crippen molar-refractivity contribution < 1.29 is 0 Å². The Morgan fingerprint density at radius 3 is 1.92 bits per heavy atom. The Balaban J connectivity index is 2.93. The van der Waals surface area contributed by atoms with E-state index in [1.54, 1.807) is 0 Å². The van der Waals surface area contributed by atoms with Crippen LogP contribution >= 0.6 is 9.12 Å². The minimum atomic E-state index is 0.277. The van der Waals surface area contributed by atoms with Gasteiger partial charge in [-0.25, -0.2) is 0 Å². The van der Waals surface area contributed by atoms with Crippen molar-refractivity contribution in [3.8, 4) is 0 Å². The van der Waals surface area contributed by atoms with E-state index in [0.717, 1.165) is 7.00 Å². The molecule has 0 fully saturated rings. The molecule has 0 heterocycles. The van der Waals surface area contributed by atoms with Gasteiger partial charge < -0.3 is 0 Å². The van der Waals surface area contributed by atoms with Crippen molar-refractivity contribution in [1.29, 1.82) is 0 Å². The largest absolute Gasteiger partial charge is 0.180 e. The monoisotopic (exact) mass is 178 g/mol. The lowest BCUT2D eigenvalue weighted by Crippen LogP contribution is -2.14. The smallest absolute Gasteiger partial charge is 0.169 e. The van der Waals surface area contributed by atoms with Gasteiger partial charge in [0.1, 0.15) is 0 Å². The summed E-state index contributed by atoms with van der Waals surface area (Å²) in [5, 5.41) is 0. The first-order chi connectivity index (χ1) is 5.54. The van der Waals surface area contributed by atoms with Crippen LogP contribution in [0.2, 0.25) is 0 Å². The molecule has 1 aromatic rings. The van der Waals surface area contributed by atoms with Crippen molar-refractivity contribution >= 4 is 21.6 Å². The zero-order valence-electron chi connectivity index (χ0n) is 8.09. The molecule has 0 aliphatic carbocycles. The van der Waals surface area contributed by atoms with Gasteiger partial charge in [-0.3, -0.25) is 0 Å². The molecule has 0 aromatic heterocycles. The molecule has 0 saturated carbocycles. The van der Waals surface area contributed by atoms with E-state index < -0.39 is 0 Å². The van der Waals surface area contributed by atoms with Crippen LogP contribution in [0.5, 0.6) is 0 Å². The molecule has 1 unspecified atom stereocenters. The second kappa shape index (κ2) is 3.62. The molecule has 1 aromatic carbocycles. The highest BCUT2D eigenvalue weighted by molar-refractivity contribution is 7.58. The fourth-order valence-corrected chi connectivity index (χ4v) is 1.41. The highest BCUT2D eigenvalue weighted by Crippen LogP contribution is 2.20. The van der Waals surface area contributed by atoms with Crippen LogP contribution in [0.1, 0.15) is 26.3 Å². The molecule has 12 heavy (non-hydrogen) atoms. The second-order valence-electron chi connectivity index (χ2n) is 4.15. The molecule has 0 saturated heterocycles. The highest BCUT2D eigenvalue weighted by Gasteiger charge is 2.12. The molecule has 64 valence electrons. The summed E-state index contributed by atoms with van der Waals surface area (Å²) in [5.74, 6) is 0. The molecule has 0 aliphatic heterocycles. The molecule has 2 heteroatoms. The van der Waals surface area contributed by atoms with Gasteiger partial charge in [-0.15, -0.1) is 0 Å². The molecule has 0 N–H and O–H groups in total. The molecule has 0 nitrogen and oxygen atoms in total. The summed E-state index contributed by atoms with van der Waals surface area (Å²) in [6.07, 6.45) is 0. The van der Waals surface area contributed by atoms with Gasteiger partial charge in [0.25, 0.3) is 0 Å². The molecule has 0 bridgehead atoms. The summed E-state index contributed by atoms with van der Waals surface area (Å²) < 4.78 is 0. The molecule has 0 aliphatic rings. The lowest BCUT2D eigenvalue weighted by molar-refractivity contribution is 0.590. The van der Waals surface area contributed by atoms with Crippen LogP contribution in [0.4, 0.5) is 0 Å². The van der Waals surface area contributed by atoms with Gasteiger partial charge in [0.15, 0.2) is 7.00 Å². The molecule has 0 amide bonds. The van der Waals surface area contributed by atoms with E-state index in [9.17, 15) is 0 Å². The average molecular weight is 178 g/mol. The van der Waals surface area contributed by atoms with E-state index in [2.05, 4.69) is 54.2 Å². The fraction of sp³-hybridized carbons (Fsp3) is 0.400. The molecular weight excluding hydrogens is 162 g/mol. The van der Waals surface area contributed by atoms with Crippen LogP contribution in [0.15, 0.2) is 24.3 Å². The third-order valence-electron chi connectivity index (χ3n) is 2.06. The zero-order chi connectivity index (χ0) is 9.19. The van der Waals surface area contributed by atoms with Gasteiger partial charge in [0.05, 0.1) is 0 Å². The van der Waals surface area contributed by atoms with E-state index in [4.69, 9.17) is 0 Å². The minimum Gasteiger partial charge on any atom is -0.169 e. The van der Waals surface area contributed by atoms with Crippen LogP contribution in [0.3, 0.4) is 0 Å². The van der Waals surface area contributed by atoms with Crippen LogP contribution < -0.4 is 5.46 Å². The van der Waals surface area contributed by atoms with Gasteiger partial charge in [-0.05, 0) is 11.0 Å². The summed E-state index contributed by atoms with van der Waals surface area (Å²) in [5.41, 5.74) is 3.07. The maximum absolute atomic E-state index is 2.74. The Morgan fingerprint density at radius 1 is 1.08 bits per heavy atom. The summed E-state index contributed by atoms with van der Waals surface area (Å²) in [7, 11) is 2.74. The summed E-state index contributed by atoms with van der Waals surface area (Å²) in [6.45, 7) is 7.76. The van der Waals surface area contributed by atoms with Crippen molar-refractivity contribution in [2.45, 2.75) is 26.2 Å². The Labute approximate surface area is 78.2 Å². The van der Waals surface area contributed by atoms with Crippen molar-refractivity contribution in [2.75, 3.05) is 0 Å². The molecular formula is C10H16BP. The zero-order valence-corrected chi connectivity index (χ0v) is 9.25. The van der Waals surface area contributed by atoms with E-state index in [1.807, 2.05) is 0 Å². The number of benzene rings is 1. The van der Waals surface area contributed by atoms with Gasteiger partial charge in [0.2, 0.25) is 0 Å². The third-order valence-corrected chi connectivity index (χ3v) is 2.53. The summed E-state index contributed by atoms with van der Waals surface area (Å²) in [6, 6.07) is 8.85. The quantitative estimate of drug-likeness (QED) is 0.454. The third kappa shape index (κ3) is 2.35. The average Bonchev–Trinajstić information content (AvgIpc) is 2.03. The maximum atomic E-state index is 2.74. The predicted octanol–water partition coefficient (Wildman–Crippen LogP) is 1.84. The SMILES string of the molecule is CC(C)(C)c1ccc(BP)cc1. The van der Waals surface area contributed by atoms with Crippen molar-refractivity contribution in [2.24, 2.45) is 0 Å². The van der Waals surface area contributed by atoms with Crippen molar-refractivity contribution in [3.63, 3.8) is 0 Å². The van der Waals surface area contributed by atoms with Crippen LogP contribution in [-0.2, 0) is 5.41 Å². The van der Waals surface area contributed by atoms with Crippen LogP contribution in [-0.4, -0.2) is 7.00 Å². The van der Waals surface area contributed by atoms with Crippen molar-refractivity contribution in [3.05, 3.63) is 29.8 Å². The molecule has 1 atom stereocenters. The summed E-state index contributed by atoms with van der Waals surface area (Å²) in [4.78, 5) is 0. The van der Waals surface area contributed by atoms with Gasteiger partial charge >= 0.3 is 0 Å². The lowest BCUT2D eigenvalue weighted by Gasteiger charge is -2.18. The molecule has 0 spiro atoms.